The third-order valence-corrected chi connectivity index (χ3v) is 3.07. The molecule has 0 saturated carbocycles. The number of pyridine rings is 1. The highest BCUT2D eigenvalue weighted by Gasteiger charge is 2.31. The van der Waals surface area contributed by atoms with Crippen LogP contribution in [-0.4, -0.2) is 17.3 Å². The number of nitrogens with one attached hydrogen (secondary N) is 1. The highest BCUT2D eigenvalue weighted by atomic mass is 19.4. The summed E-state index contributed by atoms with van der Waals surface area (Å²) in [5, 5.41) is 2.72. The van der Waals surface area contributed by atoms with Gasteiger partial charge in [-0.3, -0.25) is 9.78 Å². The van der Waals surface area contributed by atoms with Gasteiger partial charge >= 0.3 is 6.36 Å². The predicted molar refractivity (Wildman–Crippen MR) is 83.0 cm³/mol. The van der Waals surface area contributed by atoms with Crippen molar-refractivity contribution in [2.45, 2.75) is 19.3 Å². The minimum atomic E-state index is -4.72. The summed E-state index contributed by atoms with van der Waals surface area (Å²) >= 11 is 0. The van der Waals surface area contributed by atoms with E-state index in [4.69, 9.17) is 0 Å². The van der Waals surface area contributed by atoms with Gasteiger partial charge in [0.2, 0.25) is 5.91 Å². The molecular weight excluding hydrogens is 321 g/mol. The fourth-order valence-electron chi connectivity index (χ4n) is 1.94. The summed E-state index contributed by atoms with van der Waals surface area (Å²) in [6, 6.07) is 10.3. The largest absolute Gasteiger partial charge is 0.573 e. The van der Waals surface area contributed by atoms with Crippen LogP contribution in [0, 0.1) is 0 Å². The smallest absolute Gasteiger partial charge is 0.406 e. The van der Waals surface area contributed by atoms with Crippen molar-refractivity contribution in [2.75, 3.05) is 0 Å². The van der Waals surface area contributed by atoms with Crippen LogP contribution >= 0.6 is 0 Å². The molecule has 0 aliphatic rings. The number of nitrogens with zero attached hydrogens (tertiary/aromatic N) is 1. The van der Waals surface area contributed by atoms with Crippen LogP contribution in [0.4, 0.5) is 13.2 Å². The van der Waals surface area contributed by atoms with Crippen molar-refractivity contribution in [3.8, 4) is 5.75 Å². The topological polar surface area (TPSA) is 51.2 Å². The zero-order valence-electron chi connectivity index (χ0n) is 12.7. The van der Waals surface area contributed by atoms with Gasteiger partial charge in [0, 0.05) is 12.3 Å². The molecule has 2 rings (SSSR count). The lowest BCUT2D eigenvalue weighted by atomic mass is 10.1. The number of hydrogen-bond acceptors (Lipinski definition) is 3. The molecule has 0 saturated heterocycles. The van der Waals surface area contributed by atoms with Crippen molar-refractivity contribution in [3.63, 3.8) is 0 Å². The Bertz CT molecular complexity index is 698. The van der Waals surface area contributed by atoms with Gasteiger partial charge < -0.3 is 10.1 Å². The average molecular weight is 336 g/mol. The second kappa shape index (κ2) is 7.63. The van der Waals surface area contributed by atoms with E-state index in [1.54, 1.807) is 37.4 Å². The van der Waals surface area contributed by atoms with E-state index in [1.807, 2.05) is 0 Å². The summed E-state index contributed by atoms with van der Waals surface area (Å²) in [5.41, 5.74) is 1.30. The molecule has 24 heavy (non-hydrogen) atoms. The van der Waals surface area contributed by atoms with Crippen LogP contribution in [0.3, 0.4) is 0 Å². The number of hydrogen-bond donors (Lipinski definition) is 1. The van der Waals surface area contributed by atoms with E-state index in [9.17, 15) is 18.0 Å². The Balaban J connectivity index is 1.93. The van der Waals surface area contributed by atoms with Gasteiger partial charge in [0.05, 0.1) is 11.7 Å². The molecule has 1 N–H and O–H groups in total. The van der Waals surface area contributed by atoms with Crippen molar-refractivity contribution < 1.29 is 22.7 Å². The zero-order chi connectivity index (χ0) is 17.6. The Morgan fingerprint density at radius 2 is 1.92 bits per heavy atom. The standard InChI is InChI=1S/C17H15F3N2O2/c1-12(13-5-8-15(9-6-13)24-17(18,19)20)22-16(23)10-7-14-4-2-3-11-21-14/h2-12H,1H3,(H,22,23)/b10-7+. The van der Waals surface area contributed by atoms with E-state index in [0.717, 1.165) is 0 Å². The van der Waals surface area contributed by atoms with E-state index >= 15 is 0 Å². The summed E-state index contributed by atoms with van der Waals surface area (Å²) in [7, 11) is 0. The number of carbonyl (C=O) groups is 1. The number of carbonyl (C=O) groups excluding carboxylic acids is 1. The van der Waals surface area contributed by atoms with E-state index in [2.05, 4.69) is 15.0 Å². The lowest BCUT2D eigenvalue weighted by molar-refractivity contribution is -0.274. The monoisotopic (exact) mass is 336 g/mol. The molecule has 1 heterocycles. The van der Waals surface area contributed by atoms with Crippen LogP contribution in [0.1, 0.15) is 24.2 Å². The fourth-order valence-corrected chi connectivity index (χ4v) is 1.94. The van der Waals surface area contributed by atoms with Gasteiger partial charge in [-0.25, -0.2) is 0 Å². The molecule has 0 aliphatic heterocycles. The van der Waals surface area contributed by atoms with Crippen LogP contribution in [0.5, 0.6) is 5.75 Å². The highest BCUT2D eigenvalue weighted by Crippen LogP contribution is 2.24. The highest BCUT2D eigenvalue weighted by molar-refractivity contribution is 5.91. The predicted octanol–water partition coefficient (Wildman–Crippen LogP) is 3.87. The van der Waals surface area contributed by atoms with Gasteiger partial charge in [0.25, 0.3) is 0 Å². The first-order valence-corrected chi connectivity index (χ1v) is 7.09. The Morgan fingerprint density at radius 1 is 1.21 bits per heavy atom. The number of ether oxygens (including phenoxy) is 1. The number of halogens is 3. The number of aromatic nitrogens is 1. The van der Waals surface area contributed by atoms with Crippen molar-refractivity contribution in [3.05, 3.63) is 66.0 Å². The van der Waals surface area contributed by atoms with E-state index in [1.165, 1.54) is 30.3 Å². The lowest BCUT2D eigenvalue weighted by Gasteiger charge is -2.14. The van der Waals surface area contributed by atoms with Crippen LogP contribution in [0.15, 0.2) is 54.7 Å². The first-order valence-electron chi connectivity index (χ1n) is 7.09. The fraction of sp³-hybridized carbons (Fsp3) is 0.176. The second-order valence-electron chi connectivity index (χ2n) is 4.94. The Labute approximate surface area is 137 Å². The van der Waals surface area contributed by atoms with E-state index < -0.39 is 6.36 Å². The first-order chi connectivity index (χ1) is 11.3. The molecule has 0 spiro atoms. The zero-order valence-corrected chi connectivity index (χ0v) is 12.7. The van der Waals surface area contributed by atoms with Crippen LogP contribution in [0.25, 0.3) is 6.08 Å². The van der Waals surface area contributed by atoms with E-state index in [0.29, 0.717) is 11.3 Å². The van der Waals surface area contributed by atoms with Gasteiger partial charge in [0.15, 0.2) is 0 Å². The summed E-state index contributed by atoms with van der Waals surface area (Å²) in [4.78, 5) is 15.9. The SMILES string of the molecule is CC(NC(=O)/C=C/c1ccccn1)c1ccc(OC(F)(F)F)cc1. The first kappa shape index (κ1) is 17.5. The summed E-state index contributed by atoms with van der Waals surface area (Å²) in [5.74, 6) is -0.636. The third kappa shape index (κ3) is 5.75. The third-order valence-electron chi connectivity index (χ3n) is 3.07. The molecule has 0 radical (unpaired) electrons. The molecule has 1 atom stereocenters. The van der Waals surface area contributed by atoms with Crippen molar-refractivity contribution in [2.24, 2.45) is 0 Å². The molecule has 126 valence electrons. The summed E-state index contributed by atoms with van der Waals surface area (Å²) in [6.07, 6.45) is -0.190. The molecule has 0 fully saturated rings. The number of benzene rings is 1. The van der Waals surface area contributed by atoms with Gasteiger partial charge in [0.1, 0.15) is 5.75 Å². The van der Waals surface area contributed by atoms with Gasteiger partial charge in [-0.15, -0.1) is 13.2 Å². The molecule has 1 aromatic carbocycles. The van der Waals surface area contributed by atoms with Gasteiger partial charge in [-0.05, 0) is 42.8 Å². The molecule has 0 bridgehead atoms. The summed E-state index contributed by atoms with van der Waals surface area (Å²) in [6.45, 7) is 1.73. The number of rotatable bonds is 5. The Morgan fingerprint density at radius 3 is 2.50 bits per heavy atom. The molecule has 1 amide bonds. The maximum absolute atomic E-state index is 12.1. The normalized spacial score (nSPS) is 12.8. The molecule has 0 aliphatic carbocycles. The maximum Gasteiger partial charge on any atom is 0.573 e. The molecule has 7 heteroatoms. The van der Waals surface area contributed by atoms with Crippen molar-refractivity contribution in [1.29, 1.82) is 0 Å². The molecule has 1 aromatic heterocycles. The molecular formula is C17H15F3N2O2. The van der Waals surface area contributed by atoms with E-state index in [-0.39, 0.29) is 17.7 Å². The number of amides is 1. The Kier molecular flexibility index (Phi) is 5.57. The average Bonchev–Trinajstić information content (AvgIpc) is 2.53. The van der Waals surface area contributed by atoms with Crippen LogP contribution in [0.2, 0.25) is 0 Å². The minimum absolute atomic E-state index is 0.306. The Hall–Kier alpha value is -2.83. The summed E-state index contributed by atoms with van der Waals surface area (Å²) < 4.78 is 40.1. The lowest BCUT2D eigenvalue weighted by Crippen LogP contribution is -2.24. The molecule has 2 aromatic rings. The molecule has 4 nitrogen and oxygen atoms in total. The van der Waals surface area contributed by atoms with Gasteiger partial charge in [-0.2, -0.15) is 0 Å². The maximum atomic E-state index is 12.1. The molecule has 1 unspecified atom stereocenters. The number of alkyl halides is 3. The van der Waals surface area contributed by atoms with Crippen LogP contribution in [-0.2, 0) is 4.79 Å². The van der Waals surface area contributed by atoms with Crippen molar-refractivity contribution >= 4 is 12.0 Å². The second-order valence-corrected chi connectivity index (χ2v) is 4.94. The van der Waals surface area contributed by atoms with Crippen molar-refractivity contribution in [1.82, 2.24) is 10.3 Å². The minimum Gasteiger partial charge on any atom is -0.406 e. The quantitative estimate of drug-likeness (QED) is 0.843. The van der Waals surface area contributed by atoms with Crippen LogP contribution < -0.4 is 10.1 Å². The van der Waals surface area contributed by atoms with Gasteiger partial charge in [-0.1, -0.05) is 18.2 Å².